The lowest BCUT2D eigenvalue weighted by Gasteiger charge is -2.37. The van der Waals surface area contributed by atoms with Crippen molar-refractivity contribution >= 4 is 10.7 Å². The predicted octanol–water partition coefficient (Wildman–Crippen LogP) is 7.11. The summed E-state index contributed by atoms with van der Waals surface area (Å²) in [6.45, 7) is 6.02. The molecule has 1 heterocycles. The maximum Gasteiger partial charge on any atom is 0.123 e. The van der Waals surface area contributed by atoms with Gasteiger partial charge in [0.15, 0.2) is 0 Å². The molecule has 0 radical (unpaired) electrons. The Morgan fingerprint density at radius 3 is 2.44 bits per heavy atom. The zero-order valence-electron chi connectivity index (χ0n) is 20.1. The van der Waals surface area contributed by atoms with Gasteiger partial charge in [0.1, 0.15) is 11.6 Å². The Kier molecular flexibility index (Phi) is 8.28. The highest BCUT2D eigenvalue weighted by molar-refractivity contribution is 7.86. The van der Waals surface area contributed by atoms with E-state index in [1.807, 2.05) is 18.2 Å². The van der Waals surface area contributed by atoms with Crippen LogP contribution in [0, 0.1) is 16.4 Å². The molecule has 2 unspecified atom stereocenters. The largest absolute Gasteiger partial charge is 0.295 e. The van der Waals surface area contributed by atoms with Crippen LogP contribution in [0.2, 0.25) is 0 Å². The molecule has 1 aliphatic heterocycles. The minimum atomic E-state index is -0.464. The number of benzene rings is 3. The van der Waals surface area contributed by atoms with Gasteiger partial charge in [-0.15, -0.1) is 0 Å². The van der Waals surface area contributed by atoms with Gasteiger partial charge in [-0.3, -0.25) is 9.68 Å². The van der Waals surface area contributed by atoms with Crippen molar-refractivity contribution in [2.45, 2.75) is 68.7 Å². The summed E-state index contributed by atoms with van der Waals surface area (Å²) in [6, 6.07) is 20.7. The predicted molar refractivity (Wildman–Crippen MR) is 137 cm³/mol. The van der Waals surface area contributed by atoms with Crippen molar-refractivity contribution in [1.82, 2.24) is 4.90 Å². The van der Waals surface area contributed by atoms with E-state index in [1.165, 1.54) is 23.3 Å². The summed E-state index contributed by atoms with van der Waals surface area (Å²) in [4.78, 5) is 3.65. The van der Waals surface area contributed by atoms with Crippen molar-refractivity contribution in [2.75, 3.05) is 6.54 Å². The average molecular weight is 481 g/mol. The van der Waals surface area contributed by atoms with Crippen LogP contribution in [0.1, 0.15) is 48.9 Å². The number of hydrogen-bond donors (Lipinski definition) is 1. The normalized spacial score (nSPS) is 17.0. The summed E-state index contributed by atoms with van der Waals surface area (Å²) in [5.74, 6) is -0.394. The van der Waals surface area contributed by atoms with E-state index in [9.17, 15) is 8.78 Å². The van der Waals surface area contributed by atoms with Crippen LogP contribution in [0.15, 0.2) is 71.6 Å². The van der Waals surface area contributed by atoms with E-state index in [1.54, 1.807) is 12.1 Å². The Balaban J connectivity index is 1.39. The highest BCUT2D eigenvalue weighted by Crippen LogP contribution is 2.27. The highest BCUT2D eigenvalue weighted by atomic mass is 32.2. The second-order valence-corrected chi connectivity index (χ2v) is 11.7. The van der Waals surface area contributed by atoms with Crippen molar-refractivity contribution in [3.63, 3.8) is 0 Å². The molecule has 1 aliphatic rings. The molecule has 2 nitrogen and oxygen atoms in total. The third-order valence-electron chi connectivity index (χ3n) is 6.68. The number of unbranched alkanes of at least 4 members (excludes halogenated alkanes) is 1. The Morgan fingerprint density at radius 2 is 1.68 bits per heavy atom. The van der Waals surface area contributed by atoms with Crippen LogP contribution in [0.3, 0.4) is 0 Å². The third kappa shape index (κ3) is 6.39. The Morgan fingerprint density at radius 1 is 0.912 bits per heavy atom. The van der Waals surface area contributed by atoms with Crippen LogP contribution in [-0.4, -0.2) is 22.7 Å². The molecule has 0 amide bonds. The fourth-order valence-corrected chi connectivity index (χ4v) is 5.83. The number of hydrogen-bond acceptors (Lipinski definition) is 2. The summed E-state index contributed by atoms with van der Waals surface area (Å²) in [5.41, 5.74) is 4.73. The van der Waals surface area contributed by atoms with Gasteiger partial charge >= 0.3 is 0 Å². The summed E-state index contributed by atoms with van der Waals surface area (Å²) < 4.78 is 35.6. The number of halogens is 2. The molecule has 3 aromatic rings. The Bertz CT molecular complexity index is 1130. The van der Waals surface area contributed by atoms with E-state index < -0.39 is 10.7 Å². The first kappa shape index (κ1) is 24.7. The molecule has 0 spiro atoms. The van der Waals surface area contributed by atoms with E-state index >= 15 is 0 Å². The van der Waals surface area contributed by atoms with Gasteiger partial charge in [-0.05, 0) is 97.3 Å². The van der Waals surface area contributed by atoms with Gasteiger partial charge in [0, 0.05) is 22.7 Å². The number of nitrogens with zero attached hydrogens (tertiary/aromatic N) is 1. The Labute approximate surface area is 204 Å². The SMILES string of the molecule is CC(C)S(=N)c1cccc(CCCCN2Cc3ccc(F)cc3CC2Cc2ccc(F)cc2)c1. The quantitative estimate of drug-likeness (QED) is 0.325. The van der Waals surface area contributed by atoms with Crippen molar-refractivity contribution < 1.29 is 8.78 Å². The van der Waals surface area contributed by atoms with Crippen molar-refractivity contribution in [3.05, 3.63) is 101 Å². The van der Waals surface area contributed by atoms with E-state index in [0.29, 0.717) is 5.25 Å². The molecule has 4 rings (SSSR count). The third-order valence-corrected chi connectivity index (χ3v) is 8.39. The van der Waals surface area contributed by atoms with Crippen LogP contribution in [0.4, 0.5) is 8.78 Å². The van der Waals surface area contributed by atoms with Gasteiger partial charge in [-0.25, -0.2) is 8.78 Å². The lowest BCUT2D eigenvalue weighted by molar-refractivity contribution is 0.166. The Hall–Kier alpha value is -2.37. The number of aryl methyl sites for hydroxylation is 1. The minimum absolute atomic E-state index is 0.178. The van der Waals surface area contributed by atoms with Crippen molar-refractivity contribution in [2.24, 2.45) is 0 Å². The molecule has 0 saturated carbocycles. The van der Waals surface area contributed by atoms with Gasteiger partial charge in [0.2, 0.25) is 0 Å². The highest BCUT2D eigenvalue weighted by Gasteiger charge is 2.26. The molecule has 0 aromatic heterocycles. The first-order chi connectivity index (χ1) is 16.4. The van der Waals surface area contributed by atoms with Crippen molar-refractivity contribution in [3.8, 4) is 0 Å². The van der Waals surface area contributed by atoms with Gasteiger partial charge in [0.05, 0.1) is 0 Å². The van der Waals surface area contributed by atoms with Crippen LogP contribution in [0.25, 0.3) is 0 Å². The lowest BCUT2D eigenvalue weighted by atomic mass is 9.90. The van der Waals surface area contributed by atoms with Crippen molar-refractivity contribution in [1.29, 1.82) is 4.78 Å². The summed E-state index contributed by atoms with van der Waals surface area (Å²) >= 11 is 0. The van der Waals surface area contributed by atoms with Gasteiger partial charge < -0.3 is 0 Å². The number of fused-ring (bicyclic) bond motifs is 1. The van der Waals surface area contributed by atoms with Gasteiger partial charge in [-0.1, -0.05) is 54.9 Å². The maximum atomic E-state index is 13.9. The van der Waals surface area contributed by atoms with E-state index in [2.05, 4.69) is 43.0 Å². The monoisotopic (exact) mass is 480 g/mol. The first-order valence-corrected chi connectivity index (χ1v) is 13.5. The fourth-order valence-electron chi connectivity index (χ4n) is 4.78. The topological polar surface area (TPSA) is 27.1 Å². The van der Waals surface area contributed by atoms with Gasteiger partial charge in [-0.2, -0.15) is 0 Å². The molecule has 0 fully saturated rings. The molecule has 3 aromatic carbocycles. The molecule has 0 aliphatic carbocycles. The molecule has 180 valence electrons. The number of nitrogens with one attached hydrogen (secondary N) is 1. The van der Waals surface area contributed by atoms with Crippen LogP contribution in [-0.2, 0) is 36.5 Å². The van der Waals surface area contributed by atoms with Crippen LogP contribution >= 0.6 is 0 Å². The molecule has 34 heavy (non-hydrogen) atoms. The number of rotatable bonds is 9. The summed E-state index contributed by atoms with van der Waals surface area (Å²) in [5, 5.41) is 0.337. The fraction of sp³-hybridized carbons (Fsp3) is 0.379. The lowest BCUT2D eigenvalue weighted by Crippen LogP contribution is -2.42. The minimum Gasteiger partial charge on any atom is -0.295 e. The molecule has 0 bridgehead atoms. The summed E-state index contributed by atoms with van der Waals surface area (Å²) in [7, 11) is -0.464. The average Bonchev–Trinajstić information content (AvgIpc) is 2.83. The smallest absolute Gasteiger partial charge is 0.123 e. The first-order valence-electron chi connectivity index (χ1n) is 12.2. The molecule has 2 atom stereocenters. The maximum absolute atomic E-state index is 13.9. The molecule has 0 saturated heterocycles. The van der Waals surface area contributed by atoms with E-state index in [4.69, 9.17) is 4.78 Å². The van der Waals surface area contributed by atoms with Crippen LogP contribution < -0.4 is 0 Å². The molecular formula is C29H34F2N2S. The molecule has 5 heteroatoms. The summed E-state index contributed by atoms with van der Waals surface area (Å²) in [6.07, 6.45) is 4.83. The molecule has 1 N–H and O–H groups in total. The van der Waals surface area contributed by atoms with E-state index in [-0.39, 0.29) is 17.7 Å². The second kappa shape index (κ2) is 11.4. The van der Waals surface area contributed by atoms with Gasteiger partial charge in [0.25, 0.3) is 0 Å². The second-order valence-electron chi connectivity index (χ2n) is 9.56. The zero-order chi connectivity index (χ0) is 24.1. The molecular weight excluding hydrogens is 446 g/mol. The van der Waals surface area contributed by atoms with Crippen LogP contribution in [0.5, 0.6) is 0 Å². The zero-order valence-corrected chi connectivity index (χ0v) is 20.9. The standard InChI is InChI=1S/C29H34F2N2S/c1-21(2)34(32)29-8-5-7-22(17-29)6-3-4-15-33-20-24-11-14-27(31)18-25(24)19-28(33)16-23-9-12-26(30)13-10-23/h5,7-14,17-18,21,28,32H,3-4,6,15-16,19-20H2,1-2H3. The van der Waals surface area contributed by atoms with E-state index in [0.717, 1.165) is 61.2 Å².